The van der Waals surface area contributed by atoms with Crippen molar-refractivity contribution in [2.24, 2.45) is 4.99 Å². The zero-order valence-electron chi connectivity index (χ0n) is 15.2. The summed E-state index contributed by atoms with van der Waals surface area (Å²) in [6, 6.07) is 7.40. The van der Waals surface area contributed by atoms with Crippen molar-refractivity contribution in [3.05, 3.63) is 29.3 Å². The average molecular weight is 483 g/mol. The number of hydrogen-bond acceptors (Lipinski definition) is 3. The molecule has 142 valence electrons. The van der Waals surface area contributed by atoms with E-state index in [2.05, 4.69) is 15.6 Å². The molecule has 0 radical (unpaired) electrons. The maximum atomic E-state index is 11.6. The third kappa shape index (κ3) is 9.15. The zero-order valence-corrected chi connectivity index (χ0v) is 18.3. The van der Waals surface area contributed by atoms with Crippen molar-refractivity contribution < 1.29 is 9.53 Å². The molecule has 1 aromatic rings. The first-order valence-corrected chi connectivity index (χ1v) is 8.49. The molecule has 1 unspecified atom stereocenters. The van der Waals surface area contributed by atoms with Gasteiger partial charge in [0.1, 0.15) is 18.4 Å². The molecule has 0 spiro atoms. The second kappa shape index (κ2) is 13.0. The van der Waals surface area contributed by atoms with Crippen LogP contribution in [0.15, 0.2) is 29.3 Å². The summed E-state index contributed by atoms with van der Waals surface area (Å²) in [6.07, 6.45) is 0.757. The molecule has 0 saturated carbocycles. The van der Waals surface area contributed by atoms with Crippen LogP contribution in [0.25, 0.3) is 0 Å². The van der Waals surface area contributed by atoms with E-state index < -0.39 is 0 Å². The predicted octanol–water partition coefficient (Wildman–Crippen LogP) is 2.76. The Kier molecular flexibility index (Phi) is 12.4. The molecule has 0 saturated heterocycles. The van der Waals surface area contributed by atoms with Gasteiger partial charge in [0.25, 0.3) is 0 Å². The largest absolute Gasteiger partial charge is 0.487 e. The molecule has 1 atom stereocenters. The number of nitrogens with zero attached hydrogens (tertiary/aromatic N) is 2. The molecule has 0 aromatic heterocycles. The van der Waals surface area contributed by atoms with Crippen molar-refractivity contribution in [2.75, 3.05) is 33.7 Å². The van der Waals surface area contributed by atoms with Crippen molar-refractivity contribution in [1.29, 1.82) is 0 Å². The van der Waals surface area contributed by atoms with Crippen LogP contribution in [-0.4, -0.2) is 56.6 Å². The Morgan fingerprint density at radius 1 is 1.28 bits per heavy atom. The molecule has 0 aliphatic rings. The molecule has 8 heteroatoms. The molecule has 0 fully saturated rings. The van der Waals surface area contributed by atoms with E-state index in [-0.39, 0.29) is 42.5 Å². The minimum absolute atomic E-state index is 0. The molecule has 0 aliphatic heterocycles. The number of hydrogen-bond donors (Lipinski definition) is 2. The van der Waals surface area contributed by atoms with Gasteiger partial charge in [-0.3, -0.25) is 4.79 Å². The van der Waals surface area contributed by atoms with Crippen LogP contribution in [-0.2, 0) is 4.79 Å². The van der Waals surface area contributed by atoms with Crippen LogP contribution in [0.2, 0.25) is 5.02 Å². The monoisotopic (exact) mass is 482 g/mol. The number of para-hydroxylation sites is 1. The Bertz CT molecular complexity index is 555. The van der Waals surface area contributed by atoms with Crippen LogP contribution in [0.1, 0.15) is 20.3 Å². The number of halogens is 2. The van der Waals surface area contributed by atoms with E-state index in [1.807, 2.05) is 32.0 Å². The average Bonchev–Trinajstić information content (AvgIpc) is 2.57. The van der Waals surface area contributed by atoms with E-state index in [1.54, 1.807) is 20.2 Å². The third-order valence-electron chi connectivity index (χ3n) is 3.30. The van der Waals surface area contributed by atoms with Gasteiger partial charge >= 0.3 is 0 Å². The van der Waals surface area contributed by atoms with Crippen LogP contribution in [0, 0.1) is 0 Å². The molecule has 2 N–H and O–H groups in total. The Labute approximate surface area is 172 Å². The topological polar surface area (TPSA) is 66.0 Å². The van der Waals surface area contributed by atoms with Gasteiger partial charge in [-0.25, -0.2) is 4.99 Å². The van der Waals surface area contributed by atoms with Gasteiger partial charge in [-0.15, -0.1) is 24.0 Å². The van der Waals surface area contributed by atoms with Crippen molar-refractivity contribution in [1.82, 2.24) is 15.5 Å². The highest BCUT2D eigenvalue weighted by Crippen LogP contribution is 2.24. The normalized spacial score (nSPS) is 12.0. The Hall–Kier alpha value is -1.22. The Morgan fingerprint density at radius 3 is 2.52 bits per heavy atom. The summed E-state index contributed by atoms with van der Waals surface area (Å²) in [6.45, 7) is 5.39. The number of benzene rings is 1. The summed E-state index contributed by atoms with van der Waals surface area (Å²) in [5.41, 5.74) is 0. The number of guanidine groups is 1. The summed E-state index contributed by atoms with van der Waals surface area (Å²) in [4.78, 5) is 17.5. The summed E-state index contributed by atoms with van der Waals surface area (Å²) in [5.74, 6) is 1.21. The predicted molar refractivity (Wildman–Crippen MR) is 114 cm³/mol. The summed E-state index contributed by atoms with van der Waals surface area (Å²) < 4.78 is 5.93. The molecule has 0 heterocycles. The number of aliphatic imine (C=N–C) groups is 1. The smallest absolute Gasteiger partial charge is 0.243 e. The highest BCUT2D eigenvalue weighted by Gasteiger charge is 2.11. The first-order valence-electron chi connectivity index (χ1n) is 8.11. The lowest BCUT2D eigenvalue weighted by molar-refractivity contribution is -0.127. The molecular formula is C17H28ClIN4O2. The molecule has 1 aromatic carbocycles. The number of likely N-dealkylation sites (N-methyl/N-ethyl adjacent to an activating group) is 1. The van der Waals surface area contributed by atoms with Gasteiger partial charge in [0.2, 0.25) is 5.91 Å². The number of amides is 1. The van der Waals surface area contributed by atoms with E-state index in [0.717, 1.165) is 6.42 Å². The molecular weight excluding hydrogens is 455 g/mol. The Morgan fingerprint density at radius 2 is 1.96 bits per heavy atom. The zero-order chi connectivity index (χ0) is 17.9. The lowest BCUT2D eigenvalue weighted by Gasteiger charge is -2.20. The van der Waals surface area contributed by atoms with Crippen molar-refractivity contribution in [3.8, 4) is 5.75 Å². The van der Waals surface area contributed by atoms with Crippen LogP contribution >= 0.6 is 35.6 Å². The number of nitrogens with one attached hydrogen (secondary N) is 2. The molecule has 1 amide bonds. The fourth-order valence-electron chi connectivity index (χ4n) is 1.83. The Balaban J connectivity index is 0.00000576. The summed E-state index contributed by atoms with van der Waals surface area (Å²) >= 11 is 6.13. The van der Waals surface area contributed by atoms with Gasteiger partial charge < -0.3 is 20.3 Å². The fraction of sp³-hybridized carbons (Fsp3) is 0.529. The minimum atomic E-state index is -0.0571. The van der Waals surface area contributed by atoms with Crippen LogP contribution in [0.3, 0.4) is 0 Å². The van der Waals surface area contributed by atoms with E-state index in [9.17, 15) is 4.79 Å². The standard InChI is InChI=1S/C17H27ClN4O2.HI/c1-5-13(24-15-10-8-7-9-14(15)18)11-20-17(19-6-2)21-12-16(23)22(3)4;/h7-10,13H,5-6,11-12H2,1-4H3,(H2,19,20,21);1H. The highest BCUT2D eigenvalue weighted by atomic mass is 127. The maximum absolute atomic E-state index is 11.6. The van der Waals surface area contributed by atoms with Crippen LogP contribution in [0.4, 0.5) is 0 Å². The number of carbonyl (C=O) groups excluding carboxylic acids is 1. The van der Waals surface area contributed by atoms with Gasteiger partial charge in [0.05, 0.1) is 11.6 Å². The summed E-state index contributed by atoms with van der Waals surface area (Å²) in [7, 11) is 3.42. The van der Waals surface area contributed by atoms with Crippen molar-refractivity contribution in [2.45, 2.75) is 26.4 Å². The lowest BCUT2D eigenvalue weighted by atomic mass is 10.2. The first-order chi connectivity index (χ1) is 11.5. The van der Waals surface area contributed by atoms with Crippen LogP contribution < -0.4 is 15.4 Å². The fourth-order valence-corrected chi connectivity index (χ4v) is 2.01. The van der Waals surface area contributed by atoms with Gasteiger partial charge in [-0.1, -0.05) is 30.7 Å². The number of ether oxygens (including phenoxy) is 1. The second-order valence-electron chi connectivity index (χ2n) is 5.44. The number of rotatable bonds is 8. The van der Waals surface area contributed by atoms with E-state index >= 15 is 0 Å². The van der Waals surface area contributed by atoms with Gasteiger partial charge in [0.15, 0.2) is 5.96 Å². The van der Waals surface area contributed by atoms with Crippen molar-refractivity contribution in [3.63, 3.8) is 0 Å². The van der Waals surface area contributed by atoms with E-state index in [0.29, 0.717) is 29.8 Å². The van der Waals surface area contributed by atoms with Gasteiger partial charge in [0, 0.05) is 20.6 Å². The van der Waals surface area contributed by atoms with Gasteiger partial charge in [-0.2, -0.15) is 0 Å². The van der Waals surface area contributed by atoms with Crippen LogP contribution in [0.5, 0.6) is 5.75 Å². The molecule has 6 nitrogen and oxygen atoms in total. The SMILES string of the molecule is CCNC(=NCC(=O)N(C)C)NCC(CC)Oc1ccccc1Cl.I. The number of carbonyl (C=O) groups is 1. The highest BCUT2D eigenvalue weighted by molar-refractivity contribution is 14.0. The van der Waals surface area contributed by atoms with Gasteiger partial charge in [-0.05, 0) is 25.5 Å². The maximum Gasteiger partial charge on any atom is 0.243 e. The van der Waals surface area contributed by atoms with Crippen molar-refractivity contribution >= 4 is 47.4 Å². The minimum Gasteiger partial charge on any atom is -0.487 e. The molecule has 25 heavy (non-hydrogen) atoms. The second-order valence-corrected chi connectivity index (χ2v) is 5.85. The molecule has 1 rings (SSSR count). The summed E-state index contributed by atoms with van der Waals surface area (Å²) in [5, 5.41) is 6.91. The first kappa shape index (κ1) is 23.8. The quantitative estimate of drug-likeness (QED) is 0.340. The van der Waals surface area contributed by atoms with E-state index in [1.165, 1.54) is 4.90 Å². The van der Waals surface area contributed by atoms with E-state index in [4.69, 9.17) is 16.3 Å². The molecule has 0 bridgehead atoms. The third-order valence-corrected chi connectivity index (χ3v) is 3.61. The lowest BCUT2D eigenvalue weighted by Crippen LogP contribution is -2.43. The molecule has 0 aliphatic carbocycles.